The number of hydrogen-bond donors (Lipinski definition) is 1. The predicted octanol–water partition coefficient (Wildman–Crippen LogP) is 1.61. The maximum absolute atomic E-state index is 12.0. The standard InChI is InChI=1S/C12H18N2O4/c1-3-4-9-18-13-11(15)12(14(16)17)8-6-5-7-10(12)2/h5-8,10H,3-4,9H2,1-2H3,(H,13,15). The van der Waals surface area contributed by atoms with E-state index in [2.05, 4.69) is 5.48 Å². The maximum Gasteiger partial charge on any atom is 0.326 e. The van der Waals surface area contributed by atoms with E-state index in [4.69, 9.17) is 4.84 Å². The maximum atomic E-state index is 12.0. The van der Waals surface area contributed by atoms with Crippen LogP contribution in [-0.4, -0.2) is 23.0 Å². The molecular formula is C12H18N2O4. The van der Waals surface area contributed by atoms with Crippen molar-refractivity contribution in [2.75, 3.05) is 6.61 Å². The Balaban J connectivity index is 2.74. The first-order valence-corrected chi connectivity index (χ1v) is 5.98. The van der Waals surface area contributed by atoms with Gasteiger partial charge < -0.3 is 0 Å². The summed E-state index contributed by atoms with van der Waals surface area (Å²) in [5.74, 6) is -1.26. The SMILES string of the molecule is CCCCONC(=O)C1([N+](=O)[O-])C=CC=CC1C. The number of carbonyl (C=O) groups excluding carboxylic acids is 1. The second-order valence-corrected chi connectivity index (χ2v) is 4.25. The van der Waals surface area contributed by atoms with Crippen LogP contribution in [0, 0.1) is 16.0 Å². The number of unbranched alkanes of at least 4 members (excludes halogenated alkanes) is 1. The highest BCUT2D eigenvalue weighted by Gasteiger charge is 2.53. The number of nitrogens with zero attached hydrogens (tertiary/aromatic N) is 1. The summed E-state index contributed by atoms with van der Waals surface area (Å²) in [6, 6.07) is 0. The summed E-state index contributed by atoms with van der Waals surface area (Å²) in [7, 11) is 0. The average molecular weight is 254 g/mol. The molecule has 0 heterocycles. The average Bonchev–Trinajstić information content (AvgIpc) is 2.34. The van der Waals surface area contributed by atoms with Crippen molar-refractivity contribution < 1.29 is 14.6 Å². The first kappa shape index (κ1) is 14.4. The number of amides is 1. The van der Waals surface area contributed by atoms with Crippen LogP contribution >= 0.6 is 0 Å². The Morgan fingerprint density at radius 2 is 2.28 bits per heavy atom. The minimum atomic E-state index is -1.78. The fraction of sp³-hybridized carbons (Fsp3) is 0.583. The molecule has 0 spiro atoms. The normalized spacial score (nSPS) is 26.0. The van der Waals surface area contributed by atoms with Gasteiger partial charge in [0.1, 0.15) is 0 Å². The summed E-state index contributed by atoms with van der Waals surface area (Å²) in [6.45, 7) is 3.97. The molecule has 1 amide bonds. The third-order valence-corrected chi connectivity index (χ3v) is 2.99. The summed E-state index contributed by atoms with van der Waals surface area (Å²) in [4.78, 5) is 27.6. The molecule has 1 rings (SSSR count). The zero-order valence-electron chi connectivity index (χ0n) is 10.6. The van der Waals surface area contributed by atoms with E-state index in [0.29, 0.717) is 6.61 Å². The van der Waals surface area contributed by atoms with Crippen molar-refractivity contribution >= 4 is 5.91 Å². The van der Waals surface area contributed by atoms with E-state index in [1.807, 2.05) is 6.92 Å². The number of hydrogen-bond acceptors (Lipinski definition) is 4. The molecular weight excluding hydrogens is 236 g/mol. The van der Waals surface area contributed by atoms with Crippen LogP contribution in [0.2, 0.25) is 0 Å². The fourth-order valence-electron chi connectivity index (χ4n) is 1.74. The van der Waals surface area contributed by atoms with Crippen LogP contribution in [0.5, 0.6) is 0 Å². The van der Waals surface area contributed by atoms with Crippen LogP contribution in [0.4, 0.5) is 0 Å². The second kappa shape index (κ2) is 6.30. The first-order chi connectivity index (χ1) is 8.55. The van der Waals surface area contributed by atoms with Crippen molar-refractivity contribution in [2.45, 2.75) is 32.2 Å². The lowest BCUT2D eigenvalue weighted by molar-refractivity contribution is -0.546. The zero-order chi connectivity index (χ0) is 13.6. The molecule has 0 fully saturated rings. The van der Waals surface area contributed by atoms with Gasteiger partial charge in [0.2, 0.25) is 0 Å². The van der Waals surface area contributed by atoms with Gasteiger partial charge in [-0.1, -0.05) is 38.5 Å². The number of rotatable bonds is 6. The number of carbonyl (C=O) groups is 1. The Bertz CT molecular complexity index is 378. The van der Waals surface area contributed by atoms with E-state index < -0.39 is 22.3 Å². The van der Waals surface area contributed by atoms with Gasteiger partial charge in [-0.05, 0) is 6.42 Å². The third kappa shape index (κ3) is 2.76. The first-order valence-electron chi connectivity index (χ1n) is 5.98. The van der Waals surface area contributed by atoms with Crippen LogP contribution in [0.15, 0.2) is 24.3 Å². The third-order valence-electron chi connectivity index (χ3n) is 2.99. The second-order valence-electron chi connectivity index (χ2n) is 4.25. The number of hydroxylamine groups is 1. The summed E-state index contributed by atoms with van der Waals surface area (Å²) < 4.78 is 0. The molecule has 0 saturated heterocycles. The zero-order valence-corrected chi connectivity index (χ0v) is 10.6. The highest BCUT2D eigenvalue weighted by Crippen LogP contribution is 2.28. The van der Waals surface area contributed by atoms with Crippen LogP contribution in [0.3, 0.4) is 0 Å². The van der Waals surface area contributed by atoms with Gasteiger partial charge in [0.15, 0.2) is 0 Å². The smallest absolute Gasteiger partial charge is 0.273 e. The van der Waals surface area contributed by atoms with Crippen molar-refractivity contribution in [1.82, 2.24) is 5.48 Å². The molecule has 0 radical (unpaired) electrons. The summed E-state index contributed by atoms with van der Waals surface area (Å²) in [6.07, 6.45) is 7.85. The van der Waals surface area contributed by atoms with Gasteiger partial charge >= 0.3 is 11.4 Å². The molecule has 18 heavy (non-hydrogen) atoms. The Kier molecular flexibility index (Phi) is 5.03. The lowest BCUT2D eigenvalue weighted by atomic mass is 9.82. The molecule has 0 aromatic heterocycles. The predicted molar refractivity (Wildman–Crippen MR) is 66.2 cm³/mol. The molecule has 0 aromatic carbocycles. The van der Waals surface area contributed by atoms with Gasteiger partial charge in [-0.3, -0.25) is 19.7 Å². The van der Waals surface area contributed by atoms with Gasteiger partial charge in [0.05, 0.1) is 12.5 Å². The van der Waals surface area contributed by atoms with E-state index in [1.54, 1.807) is 19.1 Å². The van der Waals surface area contributed by atoms with E-state index in [9.17, 15) is 14.9 Å². The Labute approximate surface area is 106 Å². The number of nitrogens with one attached hydrogen (secondary N) is 1. The molecule has 1 aliphatic carbocycles. The molecule has 6 heteroatoms. The molecule has 100 valence electrons. The van der Waals surface area contributed by atoms with Crippen LogP contribution in [-0.2, 0) is 9.63 Å². The molecule has 1 aliphatic rings. The fourth-order valence-corrected chi connectivity index (χ4v) is 1.74. The van der Waals surface area contributed by atoms with Gasteiger partial charge in [-0.25, -0.2) is 5.48 Å². The molecule has 2 atom stereocenters. The van der Waals surface area contributed by atoms with Crippen molar-refractivity contribution in [3.05, 3.63) is 34.4 Å². The topological polar surface area (TPSA) is 81.5 Å². The van der Waals surface area contributed by atoms with Crippen molar-refractivity contribution in [2.24, 2.45) is 5.92 Å². The minimum absolute atomic E-state index is 0.351. The lowest BCUT2D eigenvalue weighted by Crippen LogP contribution is -2.55. The molecule has 2 unspecified atom stereocenters. The van der Waals surface area contributed by atoms with Crippen LogP contribution in [0.25, 0.3) is 0 Å². The molecule has 0 aromatic rings. The largest absolute Gasteiger partial charge is 0.326 e. The molecule has 0 aliphatic heterocycles. The summed E-state index contributed by atoms with van der Waals surface area (Å²) in [5.41, 5.74) is 0.397. The Morgan fingerprint density at radius 1 is 1.56 bits per heavy atom. The van der Waals surface area contributed by atoms with Crippen LogP contribution < -0.4 is 5.48 Å². The van der Waals surface area contributed by atoms with Gasteiger partial charge in [-0.2, -0.15) is 0 Å². The lowest BCUT2D eigenvalue weighted by Gasteiger charge is -2.26. The van der Waals surface area contributed by atoms with Crippen molar-refractivity contribution in [3.8, 4) is 0 Å². The van der Waals surface area contributed by atoms with E-state index in [-0.39, 0.29) is 0 Å². The van der Waals surface area contributed by atoms with E-state index in [0.717, 1.165) is 12.8 Å². The van der Waals surface area contributed by atoms with E-state index in [1.165, 1.54) is 12.2 Å². The van der Waals surface area contributed by atoms with Gasteiger partial charge in [-0.15, -0.1) is 0 Å². The van der Waals surface area contributed by atoms with E-state index >= 15 is 0 Å². The molecule has 0 saturated carbocycles. The quantitative estimate of drug-likeness (QED) is 0.443. The van der Waals surface area contributed by atoms with Crippen molar-refractivity contribution in [1.29, 1.82) is 0 Å². The molecule has 0 bridgehead atoms. The highest BCUT2D eigenvalue weighted by atomic mass is 16.7. The number of allylic oxidation sites excluding steroid dienone is 2. The van der Waals surface area contributed by atoms with Gasteiger partial charge in [0.25, 0.3) is 0 Å². The summed E-state index contributed by atoms with van der Waals surface area (Å²) >= 11 is 0. The Hall–Kier alpha value is -1.69. The van der Waals surface area contributed by atoms with Crippen molar-refractivity contribution in [3.63, 3.8) is 0 Å². The van der Waals surface area contributed by atoms with Gasteiger partial charge in [0, 0.05) is 11.0 Å². The van der Waals surface area contributed by atoms with Crippen LogP contribution in [0.1, 0.15) is 26.7 Å². The molecule has 1 N–H and O–H groups in total. The molecule has 6 nitrogen and oxygen atoms in total. The minimum Gasteiger partial charge on any atom is -0.273 e. The summed E-state index contributed by atoms with van der Waals surface area (Å²) in [5, 5.41) is 11.2. The number of nitro groups is 1. The Morgan fingerprint density at radius 3 is 2.83 bits per heavy atom. The monoisotopic (exact) mass is 254 g/mol. The highest BCUT2D eigenvalue weighted by molar-refractivity contribution is 5.87.